The first-order valence-electron chi connectivity index (χ1n) is 8.91. The topological polar surface area (TPSA) is 123 Å². The molecule has 1 fully saturated rings. The number of nitrogens with one attached hydrogen (secondary N) is 3. The maximum Gasteiger partial charge on any atom is 0.328 e. The van der Waals surface area contributed by atoms with Crippen LogP contribution in [0, 0.1) is 0 Å². The van der Waals surface area contributed by atoms with Crippen molar-refractivity contribution in [3.8, 4) is 11.5 Å². The number of amides is 5. The number of hydrogen-bond acceptors (Lipinski definition) is 6. The first kappa shape index (κ1) is 20.6. The first-order chi connectivity index (χ1) is 14.4. The van der Waals surface area contributed by atoms with E-state index in [-0.39, 0.29) is 18.1 Å². The minimum atomic E-state index is -0.851. The Morgan fingerprint density at radius 2 is 1.70 bits per heavy atom. The van der Waals surface area contributed by atoms with Gasteiger partial charge < -0.3 is 14.8 Å². The Balaban J connectivity index is 1.77. The highest BCUT2D eigenvalue weighted by Gasteiger charge is 2.27. The highest BCUT2D eigenvalue weighted by atomic mass is 16.5. The van der Waals surface area contributed by atoms with Gasteiger partial charge in [0.1, 0.15) is 23.7 Å². The van der Waals surface area contributed by atoms with Gasteiger partial charge in [0.25, 0.3) is 11.8 Å². The third kappa shape index (κ3) is 5.02. The summed E-state index contributed by atoms with van der Waals surface area (Å²) in [7, 11) is 1.52. The van der Waals surface area contributed by atoms with Crippen molar-refractivity contribution >= 4 is 35.5 Å². The molecular weight excluding hydrogens is 390 g/mol. The Morgan fingerprint density at radius 1 is 1.03 bits per heavy atom. The maximum absolute atomic E-state index is 11.9. The van der Waals surface area contributed by atoms with Crippen LogP contribution in [0.4, 0.5) is 10.5 Å². The smallest absolute Gasteiger partial charge is 0.328 e. The van der Waals surface area contributed by atoms with Crippen LogP contribution in [-0.2, 0) is 21.0 Å². The van der Waals surface area contributed by atoms with E-state index in [9.17, 15) is 19.2 Å². The largest absolute Gasteiger partial charge is 0.496 e. The van der Waals surface area contributed by atoms with Gasteiger partial charge in [-0.1, -0.05) is 6.07 Å². The monoisotopic (exact) mass is 409 g/mol. The van der Waals surface area contributed by atoms with Crippen LogP contribution in [-0.4, -0.2) is 30.9 Å². The molecule has 2 aromatic rings. The molecule has 1 heterocycles. The van der Waals surface area contributed by atoms with Crippen molar-refractivity contribution in [2.75, 3.05) is 12.4 Å². The molecule has 9 heteroatoms. The second-order valence-corrected chi connectivity index (χ2v) is 6.36. The van der Waals surface area contributed by atoms with Gasteiger partial charge in [-0.3, -0.25) is 25.0 Å². The van der Waals surface area contributed by atoms with Crippen LogP contribution < -0.4 is 25.4 Å². The molecule has 0 aliphatic carbocycles. The molecule has 1 saturated heterocycles. The van der Waals surface area contributed by atoms with Gasteiger partial charge >= 0.3 is 6.03 Å². The Bertz CT molecular complexity index is 1020. The summed E-state index contributed by atoms with van der Waals surface area (Å²) in [4.78, 5) is 46.0. The molecule has 1 aliphatic heterocycles. The summed E-state index contributed by atoms with van der Waals surface area (Å²) < 4.78 is 11.1. The molecule has 0 unspecified atom stereocenters. The van der Waals surface area contributed by atoms with Crippen LogP contribution in [0.25, 0.3) is 6.08 Å². The van der Waals surface area contributed by atoms with Gasteiger partial charge in [0.2, 0.25) is 5.91 Å². The number of urea groups is 1. The molecule has 1 aliphatic rings. The molecule has 154 valence electrons. The van der Waals surface area contributed by atoms with Gasteiger partial charge in [-0.25, -0.2) is 4.79 Å². The Morgan fingerprint density at radius 3 is 2.30 bits per heavy atom. The number of carbonyl (C=O) groups is 4. The molecule has 0 radical (unpaired) electrons. The zero-order chi connectivity index (χ0) is 21.7. The van der Waals surface area contributed by atoms with E-state index in [4.69, 9.17) is 9.47 Å². The van der Waals surface area contributed by atoms with Gasteiger partial charge in [0.15, 0.2) is 0 Å². The van der Waals surface area contributed by atoms with Crippen molar-refractivity contribution in [3.63, 3.8) is 0 Å². The van der Waals surface area contributed by atoms with Crippen molar-refractivity contribution in [2.45, 2.75) is 13.5 Å². The molecule has 0 saturated carbocycles. The molecule has 0 atom stereocenters. The van der Waals surface area contributed by atoms with E-state index in [1.807, 2.05) is 10.6 Å². The average Bonchev–Trinajstić information content (AvgIpc) is 2.70. The Labute approximate surface area is 172 Å². The highest BCUT2D eigenvalue weighted by Crippen LogP contribution is 2.24. The van der Waals surface area contributed by atoms with E-state index in [0.29, 0.717) is 28.3 Å². The number of ether oxygens (including phenoxy) is 2. The Kier molecular flexibility index (Phi) is 6.11. The van der Waals surface area contributed by atoms with E-state index in [2.05, 4.69) is 5.32 Å². The number of hydrogen-bond donors (Lipinski definition) is 3. The summed E-state index contributed by atoms with van der Waals surface area (Å²) in [6.07, 6.45) is 1.38. The number of carbonyl (C=O) groups excluding carboxylic acids is 4. The van der Waals surface area contributed by atoms with Crippen molar-refractivity contribution in [2.24, 2.45) is 0 Å². The minimum absolute atomic E-state index is 0.163. The summed E-state index contributed by atoms with van der Waals surface area (Å²) in [6.45, 7) is 1.59. The van der Waals surface area contributed by atoms with E-state index in [1.165, 1.54) is 20.1 Å². The van der Waals surface area contributed by atoms with E-state index in [1.54, 1.807) is 42.5 Å². The van der Waals surface area contributed by atoms with E-state index < -0.39 is 17.8 Å². The normalized spacial score (nSPS) is 13.3. The fourth-order valence-corrected chi connectivity index (χ4v) is 2.77. The molecule has 2 aromatic carbocycles. The summed E-state index contributed by atoms with van der Waals surface area (Å²) in [5.74, 6) is -0.545. The van der Waals surface area contributed by atoms with E-state index in [0.717, 1.165) is 0 Å². The van der Waals surface area contributed by atoms with Gasteiger partial charge in [0.05, 0.1) is 7.11 Å². The molecule has 0 spiro atoms. The zero-order valence-corrected chi connectivity index (χ0v) is 16.3. The third-order valence-electron chi connectivity index (χ3n) is 4.13. The van der Waals surface area contributed by atoms with Crippen LogP contribution in [0.5, 0.6) is 11.5 Å². The van der Waals surface area contributed by atoms with Crippen LogP contribution in [0.2, 0.25) is 0 Å². The van der Waals surface area contributed by atoms with Crippen molar-refractivity contribution in [3.05, 3.63) is 59.2 Å². The van der Waals surface area contributed by atoms with Gasteiger partial charge in [-0.2, -0.15) is 0 Å². The number of benzene rings is 2. The first-order valence-corrected chi connectivity index (χ1v) is 8.91. The molecule has 0 bridgehead atoms. The number of rotatable bonds is 6. The number of anilines is 1. The lowest BCUT2D eigenvalue weighted by molar-refractivity contribution is -0.124. The molecule has 0 aromatic heterocycles. The lowest BCUT2D eigenvalue weighted by atomic mass is 10.1. The van der Waals surface area contributed by atoms with Gasteiger partial charge in [0, 0.05) is 18.2 Å². The predicted octanol–water partition coefficient (Wildman–Crippen LogP) is 1.98. The van der Waals surface area contributed by atoms with Crippen molar-refractivity contribution in [1.82, 2.24) is 10.6 Å². The fraction of sp³-hybridized carbons (Fsp3) is 0.143. The molecule has 5 amide bonds. The fourth-order valence-electron chi connectivity index (χ4n) is 2.77. The standard InChI is InChI=1S/C21H19N3O6/c1-12(25)22-15-4-6-16(7-5-15)30-11-14-9-13(3-8-18(14)29-2)10-17-19(26)23-21(28)24-20(17)27/h3-10H,11H2,1-2H3,(H,22,25)(H2,23,24,26,27,28). The summed E-state index contributed by atoms with van der Waals surface area (Å²) in [5, 5.41) is 6.73. The summed E-state index contributed by atoms with van der Waals surface area (Å²) in [5.41, 5.74) is 1.72. The third-order valence-corrected chi connectivity index (χ3v) is 4.13. The predicted molar refractivity (Wildman–Crippen MR) is 108 cm³/mol. The lowest BCUT2D eigenvalue weighted by Crippen LogP contribution is -2.51. The molecule has 3 rings (SSSR count). The molecule has 3 N–H and O–H groups in total. The van der Waals surface area contributed by atoms with Crippen LogP contribution in [0.3, 0.4) is 0 Å². The number of methoxy groups -OCH3 is 1. The van der Waals surface area contributed by atoms with Crippen molar-refractivity contribution in [1.29, 1.82) is 0 Å². The van der Waals surface area contributed by atoms with Crippen LogP contribution >= 0.6 is 0 Å². The molecule has 30 heavy (non-hydrogen) atoms. The second kappa shape index (κ2) is 8.91. The molecular formula is C21H19N3O6. The second-order valence-electron chi connectivity index (χ2n) is 6.36. The van der Waals surface area contributed by atoms with Crippen molar-refractivity contribution < 1.29 is 28.7 Å². The van der Waals surface area contributed by atoms with Gasteiger partial charge in [-0.15, -0.1) is 0 Å². The minimum Gasteiger partial charge on any atom is -0.496 e. The number of imide groups is 2. The number of barbiturate groups is 1. The average molecular weight is 409 g/mol. The van der Waals surface area contributed by atoms with Gasteiger partial charge in [-0.05, 0) is 48.0 Å². The quantitative estimate of drug-likeness (QED) is 0.495. The summed E-state index contributed by atoms with van der Waals surface area (Å²) >= 11 is 0. The maximum atomic E-state index is 11.9. The zero-order valence-electron chi connectivity index (χ0n) is 16.3. The van der Waals surface area contributed by atoms with Crippen LogP contribution in [0.1, 0.15) is 18.1 Å². The summed E-state index contributed by atoms with van der Waals surface area (Å²) in [6, 6.07) is 11.1. The molecule has 9 nitrogen and oxygen atoms in total. The lowest BCUT2D eigenvalue weighted by Gasteiger charge is -2.15. The van der Waals surface area contributed by atoms with Crippen LogP contribution in [0.15, 0.2) is 48.0 Å². The van der Waals surface area contributed by atoms with E-state index >= 15 is 0 Å². The SMILES string of the molecule is COc1ccc(C=C2C(=O)NC(=O)NC2=O)cc1COc1ccc(NC(C)=O)cc1. The highest BCUT2D eigenvalue weighted by molar-refractivity contribution is 6.31. The Hall–Kier alpha value is -4.14.